The average Bonchev–Trinajstić information content (AvgIpc) is 2.67. The molecule has 0 atom stereocenters. The molecule has 2 aliphatic carbocycles. The Morgan fingerprint density at radius 3 is 2.16 bits per heavy atom. The van der Waals surface area contributed by atoms with Gasteiger partial charge in [-0.3, -0.25) is 4.79 Å². The molecule has 0 unspecified atom stereocenters. The van der Waals surface area contributed by atoms with E-state index in [0.29, 0.717) is 18.6 Å². The second kappa shape index (κ2) is 6.71. The van der Waals surface area contributed by atoms with Crippen LogP contribution in [0.3, 0.4) is 0 Å². The molecule has 0 spiro atoms. The highest BCUT2D eigenvalue weighted by Gasteiger charge is 2.38. The van der Waals surface area contributed by atoms with Gasteiger partial charge in [0.15, 0.2) is 0 Å². The topological polar surface area (TPSA) is 81.1 Å². The third-order valence-corrected chi connectivity index (χ3v) is 5.04. The molecule has 2 saturated carbocycles. The number of rotatable bonds is 3. The van der Waals surface area contributed by atoms with Crippen LogP contribution in [-0.2, 0) is 4.79 Å². The Kier molecular flexibility index (Phi) is 5.22. The van der Waals surface area contributed by atoms with E-state index in [0.717, 1.165) is 51.4 Å². The zero-order chi connectivity index (χ0) is 13.7. The molecule has 5 N–H and O–H groups in total. The van der Waals surface area contributed by atoms with Gasteiger partial charge in [-0.15, -0.1) is 0 Å². The third kappa shape index (κ3) is 3.69. The van der Waals surface area contributed by atoms with Crippen LogP contribution in [0.2, 0.25) is 0 Å². The van der Waals surface area contributed by atoms with E-state index in [1.165, 1.54) is 12.8 Å². The zero-order valence-electron chi connectivity index (χ0n) is 12.0. The molecular formula is C15H29N3O. The van der Waals surface area contributed by atoms with Crippen LogP contribution in [0.5, 0.6) is 0 Å². The monoisotopic (exact) mass is 267 g/mol. The van der Waals surface area contributed by atoms with E-state index >= 15 is 0 Å². The number of carbonyl (C=O) groups is 1. The van der Waals surface area contributed by atoms with Crippen LogP contribution in [0.25, 0.3) is 0 Å². The highest BCUT2D eigenvalue weighted by Crippen LogP contribution is 2.35. The molecule has 2 rings (SSSR count). The lowest BCUT2D eigenvalue weighted by Gasteiger charge is -2.34. The molecule has 0 bridgehead atoms. The van der Waals surface area contributed by atoms with Gasteiger partial charge in [-0.1, -0.05) is 25.7 Å². The van der Waals surface area contributed by atoms with Crippen LogP contribution in [0.15, 0.2) is 0 Å². The summed E-state index contributed by atoms with van der Waals surface area (Å²) in [6, 6.07) is 0.647. The number of hydrogen-bond acceptors (Lipinski definition) is 3. The SMILES string of the molecule is NCC1(C(=O)NC2CCC(N)CC2)CCCCCC1. The van der Waals surface area contributed by atoms with Crippen LogP contribution in [0.1, 0.15) is 64.2 Å². The largest absolute Gasteiger partial charge is 0.353 e. The van der Waals surface area contributed by atoms with Crippen molar-refractivity contribution >= 4 is 5.91 Å². The van der Waals surface area contributed by atoms with E-state index in [2.05, 4.69) is 5.32 Å². The van der Waals surface area contributed by atoms with Crippen LogP contribution in [0.4, 0.5) is 0 Å². The number of carbonyl (C=O) groups excluding carboxylic acids is 1. The Balaban J connectivity index is 1.92. The van der Waals surface area contributed by atoms with E-state index in [-0.39, 0.29) is 11.3 Å². The second-order valence-electron chi connectivity index (χ2n) is 6.48. The predicted molar refractivity (Wildman–Crippen MR) is 77.6 cm³/mol. The van der Waals surface area contributed by atoms with Crippen molar-refractivity contribution in [2.75, 3.05) is 6.54 Å². The van der Waals surface area contributed by atoms with E-state index < -0.39 is 0 Å². The summed E-state index contributed by atoms with van der Waals surface area (Å²) < 4.78 is 0. The first-order valence-electron chi connectivity index (χ1n) is 7.93. The lowest BCUT2D eigenvalue weighted by atomic mass is 9.79. The van der Waals surface area contributed by atoms with Crippen LogP contribution >= 0.6 is 0 Å². The van der Waals surface area contributed by atoms with Crippen molar-refractivity contribution in [3.8, 4) is 0 Å². The Morgan fingerprint density at radius 1 is 1.05 bits per heavy atom. The standard InChI is InChI=1S/C15H29N3O/c16-11-15(9-3-1-2-4-10-15)14(19)18-13-7-5-12(17)6-8-13/h12-13H,1-11,16-17H2,(H,18,19). The normalized spacial score (nSPS) is 31.5. The van der Waals surface area contributed by atoms with Crippen molar-refractivity contribution in [3.05, 3.63) is 0 Å². The first-order valence-corrected chi connectivity index (χ1v) is 7.93. The summed E-state index contributed by atoms with van der Waals surface area (Å²) in [5.41, 5.74) is 11.6. The van der Waals surface area contributed by atoms with Crippen molar-refractivity contribution < 1.29 is 4.79 Å². The fourth-order valence-electron chi connectivity index (χ4n) is 3.53. The molecule has 0 aromatic rings. The van der Waals surface area contributed by atoms with Gasteiger partial charge in [0.25, 0.3) is 0 Å². The molecule has 0 aliphatic heterocycles. The number of nitrogens with one attached hydrogen (secondary N) is 1. The Labute approximate surface area is 116 Å². The number of hydrogen-bond donors (Lipinski definition) is 3. The quantitative estimate of drug-likeness (QED) is 0.680. The lowest BCUT2D eigenvalue weighted by Crippen LogP contribution is -2.50. The van der Waals surface area contributed by atoms with Gasteiger partial charge in [0.05, 0.1) is 5.41 Å². The summed E-state index contributed by atoms with van der Waals surface area (Å²) >= 11 is 0. The number of amides is 1. The molecule has 0 radical (unpaired) electrons. The van der Waals surface area contributed by atoms with Crippen LogP contribution in [-0.4, -0.2) is 24.5 Å². The fourth-order valence-corrected chi connectivity index (χ4v) is 3.53. The van der Waals surface area contributed by atoms with Gasteiger partial charge >= 0.3 is 0 Å². The minimum absolute atomic E-state index is 0.206. The first-order chi connectivity index (χ1) is 9.16. The summed E-state index contributed by atoms with van der Waals surface area (Å²) in [4.78, 5) is 12.6. The highest BCUT2D eigenvalue weighted by atomic mass is 16.2. The maximum atomic E-state index is 12.6. The smallest absolute Gasteiger partial charge is 0.227 e. The van der Waals surface area contributed by atoms with Crippen LogP contribution < -0.4 is 16.8 Å². The van der Waals surface area contributed by atoms with Gasteiger partial charge in [-0.05, 0) is 38.5 Å². The molecule has 1 amide bonds. The van der Waals surface area contributed by atoms with Crippen molar-refractivity contribution in [2.24, 2.45) is 16.9 Å². The minimum atomic E-state index is -0.296. The Bertz CT molecular complexity index is 290. The average molecular weight is 267 g/mol. The van der Waals surface area contributed by atoms with Gasteiger partial charge in [-0.2, -0.15) is 0 Å². The van der Waals surface area contributed by atoms with Crippen molar-refractivity contribution in [2.45, 2.75) is 76.3 Å². The molecule has 19 heavy (non-hydrogen) atoms. The van der Waals surface area contributed by atoms with Crippen LogP contribution in [0, 0.1) is 5.41 Å². The highest BCUT2D eigenvalue weighted by molar-refractivity contribution is 5.83. The van der Waals surface area contributed by atoms with Crippen molar-refractivity contribution in [1.82, 2.24) is 5.32 Å². The fraction of sp³-hybridized carbons (Fsp3) is 0.933. The summed E-state index contributed by atoms with van der Waals surface area (Å²) in [5, 5.41) is 3.25. The molecule has 110 valence electrons. The van der Waals surface area contributed by atoms with Gasteiger partial charge in [0, 0.05) is 18.6 Å². The molecule has 4 heteroatoms. The predicted octanol–water partition coefficient (Wildman–Crippen LogP) is 1.67. The molecular weight excluding hydrogens is 238 g/mol. The molecule has 0 heterocycles. The Morgan fingerprint density at radius 2 is 1.63 bits per heavy atom. The molecule has 2 aliphatic rings. The molecule has 2 fully saturated rings. The van der Waals surface area contributed by atoms with E-state index in [9.17, 15) is 4.79 Å². The molecule has 0 aromatic heterocycles. The molecule has 0 saturated heterocycles. The summed E-state index contributed by atoms with van der Waals surface area (Å²) in [6.45, 7) is 0.491. The van der Waals surface area contributed by atoms with E-state index in [1.807, 2.05) is 0 Å². The third-order valence-electron chi connectivity index (χ3n) is 5.04. The minimum Gasteiger partial charge on any atom is -0.353 e. The van der Waals surface area contributed by atoms with Gasteiger partial charge in [0.1, 0.15) is 0 Å². The summed E-state index contributed by atoms with van der Waals surface area (Å²) in [7, 11) is 0. The summed E-state index contributed by atoms with van der Waals surface area (Å²) in [5.74, 6) is 0.206. The van der Waals surface area contributed by atoms with Gasteiger partial charge in [0.2, 0.25) is 5.91 Å². The van der Waals surface area contributed by atoms with E-state index in [4.69, 9.17) is 11.5 Å². The zero-order valence-corrected chi connectivity index (χ0v) is 12.0. The molecule has 0 aromatic carbocycles. The van der Waals surface area contributed by atoms with Gasteiger partial charge in [-0.25, -0.2) is 0 Å². The van der Waals surface area contributed by atoms with Gasteiger partial charge < -0.3 is 16.8 Å². The maximum absolute atomic E-state index is 12.6. The summed E-state index contributed by atoms with van der Waals surface area (Å²) in [6.07, 6.45) is 10.8. The van der Waals surface area contributed by atoms with E-state index in [1.54, 1.807) is 0 Å². The maximum Gasteiger partial charge on any atom is 0.227 e. The van der Waals surface area contributed by atoms with Crippen molar-refractivity contribution in [3.63, 3.8) is 0 Å². The van der Waals surface area contributed by atoms with Crippen molar-refractivity contribution in [1.29, 1.82) is 0 Å². The molecule has 4 nitrogen and oxygen atoms in total. The number of nitrogens with two attached hydrogens (primary N) is 2. The second-order valence-corrected chi connectivity index (χ2v) is 6.48. The Hall–Kier alpha value is -0.610. The lowest BCUT2D eigenvalue weighted by molar-refractivity contribution is -0.132. The first kappa shape index (κ1) is 14.8.